The van der Waals surface area contributed by atoms with Crippen molar-refractivity contribution in [2.75, 3.05) is 26.7 Å². The average molecular weight is 238 g/mol. The van der Waals surface area contributed by atoms with Crippen LogP contribution in [0.15, 0.2) is 16.5 Å². The molecule has 1 aromatic heterocycles. The van der Waals surface area contributed by atoms with Crippen LogP contribution in [0.5, 0.6) is 0 Å². The van der Waals surface area contributed by atoms with E-state index in [9.17, 15) is 4.79 Å². The Kier molecular flexibility index (Phi) is 3.81. The molecular formula is C12H18N2O3. The first kappa shape index (κ1) is 12.1. The van der Waals surface area contributed by atoms with Crippen LogP contribution in [0.1, 0.15) is 23.2 Å². The lowest BCUT2D eigenvalue weighted by molar-refractivity contribution is 0.0559. The van der Waals surface area contributed by atoms with Gasteiger partial charge in [-0.25, -0.2) is 4.79 Å². The van der Waals surface area contributed by atoms with Gasteiger partial charge in [0.1, 0.15) is 5.76 Å². The summed E-state index contributed by atoms with van der Waals surface area (Å²) in [6.45, 7) is 5.89. The molecule has 1 atom stereocenters. The number of nitrogens with one attached hydrogen (secondary N) is 1. The lowest BCUT2D eigenvalue weighted by atomic mass is 10.2. The fourth-order valence-electron chi connectivity index (χ4n) is 1.99. The molecule has 2 heterocycles. The van der Waals surface area contributed by atoms with Gasteiger partial charge in [-0.2, -0.15) is 0 Å². The van der Waals surface area contributed by atoms with E-state index in [2.05, 4.69) is 21.9 Å². The Bertz CT molecular complexity index is 389. The number of furan rings is 1. The van der Waals surface area contributed by atoms with Crippen molar-refractivity contribution in [3.05, 3.63) is 23.7 Å². The van der Waals surface area contributed by atoms with E-state index in [0.717, 1.165) is 31.9 Å². The first-order valence-corrected chi connectivity index (χ1v) is 5.82. The highest BCUT2D eigenvalue weighted by molar-refractivity contribution is 5.86. The molecule has 2 rings (SSSR count). The number of rotatable bonds is 3. The van der Waals surface area contributed by atoms with E-state index in [1.807, 2.05) is 6.07 Å². The van der Waals surface area contributed by atoms with Crippen molar-refractivity contribution in [1.29, 1.82) is 0 Å². The summed E-state index contributed by atoms with van der Waals surface area (Å²) in [5.41, 5.74) is 0. The lowest BCUT2D eigenvalue weighted by Crippen LogP contribution is -2.49. The highest BCUT2D eigenvalue weighted by atomic mass is 16.5. The molecule has 0 unspecified atom stereocenters. The number of carbonyl (C=O) groups is 1. The van der Waals surface area contributed by atoms with Gasteiger partial charge < -0.3 is 14.5 Å². The van der Waals surface area contributed by atoms with Crippen molar-refractivity contribution in [2.45, 2.75) is 19.5 Å². The summed E-state index contributed by atoms with van der Waals surface area (Å²) in [5.74, 6) is 0.647. The molecule has 1 aliphatic heterocycles. The van der Waals surface area contributed by atoms with Gasteiger partial charge in [-0.3, -0.25) is 4.90 Å². The number of piperazine rings is 1. The maximum absolute atomic E-state index is 11.2. The minimum Gasteiger partial charge on any atom is -0.463 e. The molecule has 0 bridgehead atoms. The van der Waals surface area contributed by atoms with Crippen LogP contribution in [0.3, 0.4) is 0 Å². The molecule has 94 valence electrons. The second-order valence-corrected chi connectivity index (χ2v) is 4.28. The predicted octanol–water partition coefficient (Wildman–Crippen LogP) is 0.860. The molecule has 1 aliphatic rings. The van der Waals surface area contributed by atoms with Crippen LogP contribution in [0.2, 0.25) is 0 Å². The standard InChI is InChI=1S/C12H18N2O3/c1-9-7-13-5-6-14(9)8-10-3-4-11(17-10)12(15)16-2/h3-4,9,13H,5-8H2,1-2H3/t9-/m1/s1. The highest BCUT2D eigenvalue weighted by Crippen LogP contribution is 2.14. The average Bonchev–Trinajstić information content (AvgIpc) is 2.80. The third kappa shape index (κ3) is 2.87. The molecule has 0 aromatic carbocycles. The first-order chi connectivity index (χ1) is 8.20. The van der Waals surface area contributed by atoms with E-state index in [1.54, 1.807) is 6.07 Å². The quantitative estimate of drug-likeness (QED) is 0.791. The number of hydrogen-bond donors (Lipinski definition) is 1. The van der Waals surface area contributed by atoms with Crippen molar-refractivity contribution >= 4 is 5.97 Å². The molecule has 1 aromatic rings. The lowest BCUT2D eigenvalue weighted by Gasteiger charge is -2.33. The molecule has 17 heavy (non-hydrogen) atoms. The number of ether oxygens (including phenoxy) is 1. The van der Waals surface area contributed by atoms with Crippen LogP contribution in [-0.4, -0.2) is 43.7 Å². The fourth-order valence-corrected chi connectivity index (χ4v) is 1.99. The van der Waals surface area contributed by atoms with Crippen molar-refractivity contribution in [3.8, 4) is 0 Å². The van der Waals surface area contributed by atoms with Crippen molar-refractivity contribution in [1.82, 2.24) is 10.2 Å². The van der Waals surface area contributed by atoms with E-state index >= 15 is 0 Å². The van der Waals surface area contributed by atoms with Gasteiger partial charge in [-0.1, -0.05) is 0 Å². The Labute approximate surface area is 101 Å². The van der Waals surface area contributed by atoms with Crippen LogP contribution in [0.25, 0.3) is 0 Å². The third-order valence-corrected chi connectivity index (χ3v) is 3.05. The zero-order valence-electron chi connectivity index (χ0n) is 10.2. The van der Waals surface area contributed by atoms with Crippen LogP contribution in [0, 0.1) is 0 Å². The molecule has 5 nitrogen and oxygen atoms in total. The van der Waals surface area contributed by atoms with Gasteiger partial charge in [-0.05, 0) is 19.1 Å². The Morgan fingerprint density at radius 2 is 2.47 bits per heavy atom. The molecule has 0 spiro atoms. The normalized spacial score (nSPS) is 21.4. The van der Waals surface area contributed by atoms with E-state index in [4.69, 9.17) is 4.42 Å². The van der Waals surface area contributed by atoms with Gasteiger partial charge in [0, 0.05) is 25.7 Å². The number of esters is 1. The Balaban J connectivity index is 1.98. The summed E-state index contributed by atoms with van der Waals surface area (Å²) in [5, 5.41) is 3.34. The number of hydrogen-bond acceptors (Lipinski definition) is 5. The SMILES string of the molecule is COC(=O)c1ccc(CN2CCNC[C@H]2C)o1. The predicted molar refractivity (Wildman–Crippen MR) is 62.8 cm³/mol. The van der Waals surface area contributed by atoms with Crippen molar-refractivity contribution in [2.24, 2.45) is 0 Å². The monoisotopic (exact) mass is 238 g/mol. The maximum atomic E-state index is 11.2. The van der Waals surface area contributed by atoms with Crippen LogP contribution in [-0.2, 0) is 11.3 Å². The largest absolute Gasteiger partial charge is 0.463 e. The van der Waals surface area contributed by atoms with Gasteiger partial charge >= 0.3 is 5.97 Å². The molecule has 0 saturated carbocycles. The molecule has 0 aliphatic carbocycles. The number of methoxy groups -OCH3 is 1. The minimum atomic E-state index is -0.426. The topological polar surface area (TPSA) is 54.7 Å². The Hall–Kier alpha value is -1.33. The fraction of sp³-hybridized carbons (Fsp3) is 0.583. The van der Waals surface area contributed by atoms with Gasteiger partial charge in [0.2, 0.25) is 5.76 Å². The molecule has 0 amide bonds. The van der Waals surface area contributed by atoms with Gasteiger partial charge in [-0.15, -0.1) is 0 Å². The number of nitrogens with zero attached hydrogens (tertiary/aromatic N) is 1. The molecular weight excluding hydrogens is 220 g/mol. The summed E-state index contributed by atoms with van der Waals surface area (Å²) in [6, 6.07) is 3.98. The summed E-state index contributed by atoms with van der Waals surface area (Å²) >= 11 is 0. The minimum absolute atomic E-state index is 0.269. The second-order valence-electron chi connectivity index (χ2n) is 4.28. The van der Waals surface area contributed by atoms with Crippen molar-refractivity contribution < 1.29 is 13.9 Å². The number of carbonyl (C=O) groups excluding carboxylic acids is 1. The zero-order chi connectivity index (χ0) is 12.3. The van der Waals surface area contributed by atoms with Gasteiger partial charge in [0.15, 0.2) is 0 Å². The first-order valence-electron chi connectivity index (χ1n) is 5.82. The smallest absolute Gasteiger partial charge is 0.373 e. The summed E-state index contributed by atoms with van der Waals surface area (Å²) in [6.07, 6.45) is 0. The van der Waals surface area contributed by atoms with E-state index in [0.29, 0.717) is 6.04 Å². The summed E-state index contributed by atoms with van der Waals surface area (Å²) < 4.78 is 10.1. The molecule has 5 heteroatoms. The third-order valence-electron chi connectivity index (χ3n) is 3.05. The van der Waals surface area contributed by atoms with Crippen LogP contribution >= 0.6 is 0 Å². The maximum Gasteiger partial charge on any atom is 0.373 e. The Morgan fingerprint density at radius 3 is 3.18 bits per heavy atom. The van der Waals surface area contributed by atoms with Crippen LogP contribution in [0.4, 0.5) is 0 Å². The molecule has 0 radical (unpaired) electrons. The van der Waals surface area contributed by atoms with Crippen molar-refractivity contribution in [3.63, 3.8) is 0 Å². The highest BCUT2D eigenvalue weighted by Gasteiger charge is 2.20. The molecule has 1 fully saturated rings. The summed E-state index contributed by atoms with van der Waals surface area (Å²) in [7, 11) is 1.35. The van der Waals surface area contributed by atoms with Gasteiger partial charge in [0.05, 0.1) is 13.7 Å². The van der Waals surface area contributed by atoms with E-state index < -0.39 is 5.97 Å². The van der Waals surface area contributed by atoms with E-state index in [1.165, 1.54) is 7.11 Å². The van der Waals surface area contributed by atoms with Crippen LogP contribution < -0.4 is 5.32 Å². The van der Waals surface area contributed by atoms with Gasteiger partial charge in [0.25, 0.3) is 0 Å². The van der Waals surface area contributed by atoms with E-state index in [-0.39, 0.29) is 5.76 Å². The summed E-state index contributed by atoms with van der Waals surface area (Å²) in [4.78, 5) is 13.6. The second kappa shape index (κ2) is 5.33. The molecule has 1 saturated heterocycles. The molecule has 1 N–H and O–H groups in total. The zero-order valence-corrected chi connectivity index (χ0v) is 10.2. The Morgan fingerprint density at radius 1 is 1.65 bits per heavy atom.